The number of carbonyl (C=O) groups excluding carboxylic acids is 3. The van der Waals surface area contributed by atoms with Crippen molar-refractivity contribution in [3.05, 3.63) is 56.7 Å². The summed E-state index contributed by atoms with van der Waals surface area (Å²) in [6, 6.07) is 0. The highest BCUT2D eigenvalue weighted by molar-refractivity contribution is 6.01. The average molecular weight is 621 g/mol. The molecule has 5 aliphatic rings. The molecule has 0 radical (unpaired) electrons. The number of fused-ring (bicyclic) bond motifs is 7. The van der Waals surface area contributed by atoms with Crippen molar-refractivity contribution in [2.45, 2.75) is 89.4 Å². The first kappa shape index (κ1) is 30.5. The summed E-state index contributed by atoms with van der Waals surface area (Å²) in [6.45, 7) is 5.10. The molecule has 8 atom stereocenters. The Balaban J connectivity index is 1.26. The molecule has 1 saturated heterocycles. The van der Waals surface area contributed by atoms with Crippen molar-refractivity contribution >= 4 is 17.7 Å². The first-order valence-corrected chi connectivity index (χ1v) is 14.5. The lowest BCUT2D eigenvalue weighted by atomic mass is 9.44. The molecule has 7 unspecified atom stereocenters. The summed E-state index contributed by atoms with van der Waals surface area (Å²) in [5.41, 5.74) is -7.83. The van der Waals surface area contributed by atoms with Crippen LogP contribution in [0, 0.1) is 28.5 Å². The summed E-state index contributed by atoms with van der Waals surface area (Å²) >= 11 is 0. The Morgan fingerprint density at radius 3 is 2.61 bits per heavy atom. The van der Waals surface area contributed by atoms with E-state index in [2.05, 4.69) is 0 Å². The maximum atomic E-state index is 17.5. The van der Waals surface area contributed by atoms with E-state index < -0.39 is 94.3 Å². The first-order valence-electron chi connectivity index (χ1n) is 14.5. The molecule has 14 heteroatoms. The van der Waals surface area contributed by atoms with Crippen LogP contribution in [0.25, 0.3) is 0 Å². The Bertz CT molecular complexity index is 1630. The van der Waals surface area contributed by atoms with Gasteiger partial charge in [-0.1, -0.05) is 18.6 Å². The normalized spacial score (nSPS) is 39.9. The first-order chi connectivity index (χ1) is 20.5. The van der Waals surface area contributed by atoms with Crippen LogP contribution in [-0.4, -0.2) is 68.3 Å². The minimum Gasteiger partial charge on any atom is -0.426 e. The molecule has 2 N–H and O–H groups in total. The van der Waals surface area contributed by atoms with Crippen molar-refractivity contribution in [1.29, 1.82) is 0 Å². The third-order valence-corrected chi connectivity index (χ3v) is 10.7. The number of aliphatic hydroxyl groups is 1. The highest BCUT2D eigenvalue weighted by Gasteiger charge is 2.80. The molecule has 1 aliphatic heterocycles. The lowest BCUT2D eigenvalue weighted by Gasteiger charge is -2.62. The zero-order chi connectivity index (χ0) is 32.0. The predicted octanol–water partition coefficient (Wildman–Crippen LogP) is 2.23. The Hall–Kier alpha value is -3.49. The summed E-state index contributed by atoms with van der Waals surface area (Å²) < 4.78 is 54.1. The third-order valence-electron chi connectivity index (χ3n) is 10.7. The van der Waals surface area contributed by atoms with Gasteiger partial charge in [0.2, 0.25) is 11.6 Å². The van der Waals surface area contributed by atoms with Crippen molar-refractivity contribution in [2.75, 3.05) is 6.61 Å². The third kappa shape index (κ3) is 4.06. The quantitative estimate of drug-likeness (QED) is 0.467. The summed E-state index contributed by atoms with van der Waals surface area (Å²) in [6.07, 6.45) is 2.01. The molecule has 44 heavy (non-hydrogen) atoms. The van der Waals surface area contributed by atoms with Gasteiger partial charge in [0.1, 0.15) is 0 Å². The Labute approximate surface area is 250 Å². The van der Waals surface area contributed by atoms with Gasteiger partial charge in [0.25, 0.3) is 5.56 Å². The van der Waals surface area contributed by atoms with Crippen molar-refractivity contribution in [2.24, 2.45) is 22.7 Å². The number of nitrogens with one attached hydrogen (secondary N) is 1. The van der Waals surface area contributed by atoms with Gasteiger partial charge >= 0.3 is 11.8 Å². The fourth-order valence-corrected chi connectivity index (χ4v) is 8.78. The van der Waals surface area contributed by atoms with E-state index in [1.165, 1.54) is 12.2 Å². The van der Waals surface area contributed by atoms with E-state index in [0.29, 0.717) is 29.2 Å². The summed E-state index contributed by atoms with van der Waals surface area (Å²) in [4.78, 5) is 63.3. The lowest BCUT2D eigenvalue weighted by molar-refractivity contribution is -0.246. The predicted molar refractivity (Wildman–Crippen MR) is 145 cm³/mol. The van der Waals surface area contributed by atoms with E-state index in [1.807, 2.05) is 0 Å². The zero-order valence-corrected chi connectivity index (χ0v) is 24.7. The minimum absolute atomic E-state index is 0.165. The van der Waals surface area contributed by atoms with Crippen molar-refractivity contribution < 1.29 is 47.2 Å². The number of ketones is 2. The van der Waals surface area contributed by atoms with Gasteiger partial charge < -0.3 is 24.1 Å². The molecule has 0 bridgehead atoms. The smallest absolute Gasteiger partial charge is 0.426 e. The largest absolute Gasteiger partial charge is 0.510 e. The average Bonchev–Trinajstić information content (AvgIpc) is 3.35. The molecule has 1 aromatic rings. The number of allylic oxidation sites excluding steroid dienone is 4. The molecule has 6 rings (SSSR count). The van der Waals surface area contributed by atoms with Gasteiger partial charge in [0, 0.05) is 16.7 Å². The number of aliphatic hydroxyl groups excluding tert-OH is 1. The van der Waals surface area contributed by atoms with Crippen LogP contribution in [0.15, 0.2) is 39.6 Å². The molecule has 238 valence electrons. The number of aromatic nitrogens is 2. The number of carbonyl (C=O) groups is 3. The second kappa shape index (κ2) is 9.75. The van der Waals surface area contributed by atoms with Crippen LogP contribution >= 0.6 is 0 Å². The number of aromatic amines is 1. The molecule has 0 spiro atoms. The number of rotatable bonds is 5. The Kier molecular flexibility index (Phi) is 6.77. The van der Waals surface area contributed by atoms with Crippen molar-refractivity contribution in [3.8, 4) is 0 Å². The van der Waals surface area contributed by atoms with Gasteiger partial charge in [-0.15, -0.1) is 0 Å². The van der Waals surface area contributed by atoms with Crippen LogP contribution in [0.2, 0.25) is 0 Å². The highest BCUT2D eigenvalue weighted by atomic mass is 19.1. The number of H-pyrrole nitrogens is 1. The standard InChI is InChI=1S/C30H34F2N2O10/c1-26(2)43-22-10-18-17-6-5-15-9-16(35)7-8-27(15,3)29(17,32)20(36)11-28(18,4)30(22,44-26)21(37)13-41-25(40)42-14-34-12-19(31)23(38)33-24(34)39/h7-9,12,17-18,20,22,36H,5-6,10-11,13-14H2,1-4H3,(H,33,38,39)/t17?,18?,20-,22?,27?,28?,29?,30?/m0/s1. The monoisotopic (exact) mass is 620 g/mol. The second-order valence-electron chi connectivity index (χ2n) is 13.3. The van der Waals surface area contributed by atoms with E-state index in [-0.39, 0.29) is 18.6 Å². The number of Topliss-reactive ketones (excluding diaryl/α,β-unsaturated/α-hetero) is 1. The number of ether oxygens (including phenoxy) is 4. The minimum atomic E-state index is -2.13. The van der Waals surface area contributed by atoms with Crippen LogP contribution in [-0.2, 0) is 35.3 Å². The van der Waals surface area contributed by atoms with E-state index in [4.69, 9.17) is 18.9 Å². The van der Waals surface area contributed by atoms with E-state index in [9.17, 15) is 33.5 Å². The van der Waals surface area contributed by atoms with E-state index in [1.54, 1.807) is 38.8 Å². The molecule has 0 aromatic carbocycles. The molecule has 4 aliphatic carbocycles. The maximum absolute atomic E-state index is 17.5. The number of hydrogen-bond donors (Lipinski definition) is 2. The molecule has 2 heterocycles. The number of halogens is 2. The summed E-state index contributed by atoms with van der Waals surface area (Å²) in [5, 5.41) is 11.6. The maximum Gasteiger partial charge on any atom is 0.510 e. The van der Waals surface area contributed by atoms with Crippen molar-refractivity contribution in [1.82, 2.24) is 9.55 Å². The van der Waals surface area contributed by atoms with Gasteiger partial charge in [-0.05, 0) is 64.5 Å². The molecule has 1 aromatic heterocycles. The van der Waals surface area contributed by atoms with Gasteiger partial charge in [-0.3, -0.25) is 23.9 Å². The van der Waals surface area contributed by atoms with E-state index >= 15 is 4.39 Å². The van der Waals surface area contributed by atoms with Crippen LogP contribution in [0.4, 0.5) is 13.6 Å². The summed E-state index contributed by atoms with van der Waals surface area (Å²) in [5.74, 6) is -4.57. The van der Waals surface area contributed by atoms with Gasteiger partial charge in [0.15, 0.2) is 36.2 Å². The van der Waals surface area contributed by atoms with Gasteiger partial charge in [-0.25, -0.2) is 14.0 Å². The molecule has 3 saturated carbocycles. The number of nitrogens with zero attached hydrogens (tertiary/aromatic N) is 1. The van der Waals surface area contributed by atoms with Gasteiger partial charge in [-0.2, -0.15) is 4.39 Å². The second-order valence-corrected chi connectivity index (χ2v) is 13.3. The molecule has 4 fully saturated rings. The zero-order valence-electron chi connectivity index (χ0n) is 24.7. The molecular weight excluding hydrogens is 586 g/mol. The molecule has 0 amide bonds. The van der Waals surface area contributed by atoms with Crippen LogP contribution in [0.1, 0.15) is 53.4 Å². The molecular formula is C30H34F2N2O10. The van der Waals surface area contributed by atoms with Gasteiger partial charge in [0.05, 0.1) is 18.4 Å². The lowest BCUT2D eigenvalue weighted by Crippen LogP contribution is -2.70. The fraction of sp³-hybridized carbons (Fsp3) is 0.633. The topological polar surface area (TPSA) is 163 Å². The van der Waals surface area contributed by atoms with Crippen LogP contribution in [0.5, 0.6) is 0 Å². The molecule has 12 nitrogen and oxygen atoms in total. The Morgan fingerprint density at radius 2 is 1.89 bits per heavy atom. The summed E-state index contributed by atoms with van der Waals surface area (Å²) in [7, 11) is 0. The van der Waals surface area contributed by atoms with Crippen LogP contribution < -0.4 is 11.2 Å². The Morgan fingerprint density at radius 1 is 1.16 bits per heavy atom. The van der Waals surface area contributed by atoms with Crippen molar-refractivity contribution in [3.63, 3.8) is 0 Å². The van der Waals surface area contributed by atoms with Crippen LogP contribution in [0.3, 0.4) is 0 Å². The van der Waals surface area contributed by atoms with E-state index in [0.717, 1.165) is 0 Å². The highest BCUT2D eigenvalue weighted by Crippen LogP contribution is 2.72. The number of alkyl halides is 1. The fourth-order valence-electron chi connectivity index (χ4n) is 8.78. The number of hydrogen-bond acceptors (Lipinski definition) is 10. The SMILES string of the molecule is CC1(C)OC2CC3C4CCC5=CC(=O)C=CC5(C)C4(F)[C@@H](O)CC3(C)C2(C(=O)COC(=O)OCn2cc(F)c(=O)[nH]c2=O)O1.